The smallest absolute Gasteiger partial charge is 0.364 e. The fourth-order valence-electron chi connectivity index (χ4n) is 1.59. The Morgan fingerprint density at radius 3 is 2.50 bits per heavy atom. The highest BCUT2D eigenvalue weighted by molar-refractivity contribution is 5.37. The van der Waals surface area contributed by atoms with Gasteiger partial charge in [0, 0.05) is 12.6 Å². The molecule has 2 rings (SSSR count). The monoisotopic (exact) mass is 288 g/mol. The minimum atomic E-state index is -4.44. The van der Waals surface area contributed by atoms with E-state index < -0.39 is 23.4 Å². The Morgan fingerprint density at radius 1 is 1.10 bits per heavy atom. The van der Waals surface area contributed by atoms with Gasteiger partial charge in [-0.1, -0.05) is 12.1 Å². The van der Waals surface area contributed by atoms with Crippen LogP contribution in [0.4, 0.5) is 27.8 Å². The Morgan fingerprint density at radius 2 is 1.85 bits per heavy atom. The molecular weight excluding hydrogens is 279 g/mol. The van der Waals surface area contributed by atoms with Crippen molar-refractivity contribution in [3.8, 4) is 0 Å². The number of pyridine rings is 1. The van der Waals surface area contributed by atoms with Crippen molar-refractivity contribution >= 4 is 5.82 Å². The van der Waals surface area contributed by atoms with Crippen LogP contribution in [0.5, 0.6) is 0 Å². The van der Waals surface area contributed by atoms with Gasteiger partial charge in [0.1, 0.15) is 5.82 Å². The van der Waals surface area contributed by atoms with Crippen molar-refractivity contribution in [2.75, 3.05) is 5.32 Å². The minimum Gasteiger partial charge on any atom is -0.364 e. The molecule has 0 saturated heterocycles. The Hall–Kier alpha value is -2.18. The molecule has 0 aliphatic heterocycles. The largest absolute Gasteiger partial charge is 0.416 e. The van der Waals surface area contributed by atoms with Crippen molar-refractivity contribution in [2.45, 2.75) is 12.7 Å². The summed E-state index contributed by atoms with van der Waals surface area (Å²) in [5.74, 6) is -1.95. The Bertz CT molecular complexity index is 610. The van der Waals surface area contributed by atoms with Crippen molar-refractivity contribution in [1.82, 2.24) is 4.98 Å². The number of benzene rings is 1. The average molecular weight is 288 g/mol. The highest BCUT2D eigenvalue weighted by atomic mass is 19.4. The molecular formula is C13H9F5N2. The molecule has 2 aromatic rings. The molecule has 1 heterocycles. The molecule has 0 unspecified atom stereocenters. The summed E-state index contributed by atoms with van der Waals surface area (Å²) in [6.45, 7) is -0.0561. The summed E-state index contributed by atoms with van der Waals surface area (Å²) < 4.78 is 63.4. The molecule has 0 spiro atoms. The van der Waals surface area contributed by atoms with E-state index in [-0.39, 0.29) is 12.4 Å². The van der Waals surface area contributed by atoms with Gasteiger partial charge in [0.2, 0.25) is 0 Å². The van der Waals surface area contributed by atoms with Crippen molar-refractivity contribution in [3.63, 3.8) is 0 Å². The van der Waals surface area contributed by atoms with Gasteiger partial charge in [0.15, 0.2) is 11.6 Å². The van der Waals surface area contributed by atoms with E-state index in [1.54, 1.807) is 0 Å². The molecule has 0 atom stereocenters. The summed E-state index contributed by atoms with van der Waals surface area (Å²) in [7, 11) is 0. The molecule has 1 aromatic carbocycles. The molecule has 0 aliphatic rings. The van der Waals surface area contributed by atoms with Gasteiger partial charge in [-0.05, 0) is 17.7 Å². The zero-order valence-electron chi connectivity index (χ0n) is 10.0. The fraction of sp³-hybridized carbons (Fsp3) is 0.154. The van der Waals surface area contributed by atoms with Gasteiger partial charge in [-0.25, -0.2) is 13.8 Å². The van der Waals surface area contributed by atoms with Crippen LogP contribution in [-0.4, -0.2) is 4.98 Å². The first-order valence-electron chi connectivity index (χ1n) is 5.57. The fourth-order valence-corrected chi connectivity index (χ4v) is 1.59. The minimum absolute atomic E-state index is 0.0561. The number of aromatic nitrogens is 1. The molecule has 7 heteroatoms. The van der Waals surface area contributed by atoms with E-state index >= 15 is 0 Å². The summed E-state index contributed by atoms with van der Waals surface area (Å²) in [6.07, 6.45) is -3.62. The second kappa shape index (κ2) is 5.44. The Kier molecular flexibility index (Phi) is 3.87. The normalized spacial score (nSPS) is 11.4. The van der Waals surface area contributed by atoms with Crippen LogP contribution in [-0.2, 0) is 12.7 Å². The van der Waals surface area contributed by atoms with Crippen molar-refractivity contribution < 1.29 is 22.0 Å². The number of rotatable bonds is 3. The number of nitrogens with zero attached hydrogens (tertiary/aromatic N) is 1. The van der Waals surface area contributed by atoms with E-state index in [1.807, 2.05) is 0 Å². The molecule has 0 aliphatic carbocycles. The van der Waals surface area contributed by atoms with Gasteiger partial charge < -0.3 is 5.32 Å². The van der Waals surface area contributed by atoms with Gasteiger partial charge in [-0.2, -0.15) is 13.2 Å². The van der Waals surface area contributed by atoms with E-state index in [1.165, 1.54) is 12.1 Å². The van der Waals surface area contributed by atoms with Gasteiger partial charge in [0.05, 0.1) is 11.8 Å². The van der Waals surface area contributed by atoms with Gasteiger partial charge in [0.25, 0.3) is 0 Å². The summed E-state index contributed by atoms with van der Waals surface area (Å²) in [5.41, 5.74) is -0.477. The van der Waals surface area contributed by atoms with Crippen LogP contribution in [0.25, 0.3) is 0 Å². The second-order valence-corrected chi connectivity index (χ2v) is 4.04. The second-order valence-electron chi connectivity index (χ2n) is 4.04. The highest BCUT2D eigenvalue weighted by Gasteiger charge is 2.30. The first-order chi connectivity index (χ1) is 9.36. The topological polar surface area (TPSA) is 24.9 Å². The Labute approximate surface area is 111 Å². The van der Waals surface area contributed by atoms with Crippen molar-refractivity contribution in [1.29, 1.82) is 0 Å². The number of halogens is 5. The number of nitrogens with one attached hydrogen (secondary N) is 1. The molecule has 106 valence electrons. The van der Waals surface area contributed by atoms with E-state index in [4.69, 9.17) is 0 Å². The van der Waals surface area contributed by atoms with Crippen LogP contribution < -0.4 is 5.32 Å². The van der Waals surface area contributed by atoms with Crippen LogP contribution in [0.2, 0.25) is 0 Å². The molecule has 0 radical (unpaired) electrons. The maximum atomic E-state index is 13.3. The third kappa shape index (κ3) is 3.43. The lowest BCUT2D eigenvalue weighted by Gasteiger charge is -2.10. The average Bonchev–Trinajstić information content (AvgIpc) is 2.37. The summed E-state index contributed by atoms with van der Waals surface area (Å²) in [4.78, 5) is 3.48. The predicted molar refractivity (Wildman–Crippen MR) is 62.9 cm³/mol. The molecule has 1 aromatic heterocycles. The van der Waals surface area contributed by atoms with Crippen LogP contribution in [0, 0.1) is 11.6 Å². The predicted octanol–water partition coefficient (Wildman–Crippen LogP) is 3.99. The summed E-state index contributed by atoms with van der Waals surface area (Å²) in [5, 5.41) is 2.51. The van der Waals surface area contributed by atoms with Crippen LogP contribution in [0.3, 0.4) is 0 Å². The lowest BCUT2D eigenvalue weighted by molar-refractivity contribution is -0.137. The maximum absolute atomic E-state index is 13.3. The van der Waals surface area contributed by atoms with E-state index in [2.05, 4.69) is 10.3 Å². The van der Waals surface area contributed by atoms with Crippen LogP contribution >= 0.6 is 0 Å². The first-order valence-corrected chi connectivity index (χ1v) is 5.57. The first kappa shape index (κ1) is 14.2. The number of alkyl halides is 3. The van der Waals surface area contributed by atoms with Crippen molar-refractivity contribution in [3.05, 3.63) is 59.3 Å². The quantitative estimate of drug-likeness (QED) is 0.864. The molecule has 0 amide bonds. The lowest BCUT2D eigenvalue weighted by Crippen LogP contribution is -2.08. The standard InChI is InChI=1S/C13H9F5N2/c14-10-5-11(15)12(20-7-10)19-6-8-2-1-3-9(4-8)13(16,17)18/h1-5,7H,6H2,(H,19,20). The van der Waals surface area contributed by atoms with E-state index in [0.717, 1.165) is 18.3 Å². The molecule has 1 N–H and O–H groups in total. The number of hydrogen-bond donors (Lipinski definition) is 1. The lowest BCUT2D eigenvalue weighted by atomic mass is 10.1. The number of anilines is 1. The van der Waals surface area contributed by atoms with Gasteiger partial charge >= 0.3 is 6.18 Å². The zero-order chi connectivity index (χ0) is 14.8. The van der Waals surface area contributed by atoms with Gasteiger partial charge in [-0.3, -0.25) is 0 Å². The SMILES string of the molecule is Fc1cnc(NCc2cccc(C(F)(F)F)c2)c(F)c1. The van der Waals surface area contributed by atoms with E-state index in [0.29, 0.717) is 11.6 Å². The van der Waals surface area contributed by atoms with Gasteiger partial charge in [-0.15, -0.1) is 0 Å². The van der Waals surface area contributed by atoms with Crippen LogP contribution in [0.1, 0.15) is 11.1 Å². The Balaban J connectivity index is 2.11. The molecule has 0 fully saturated rings. The van der Waals surface area contributed by atoms with E-state index in [9.17, 15) is 22.0 Å². The molecule has 20 heavy (non-hydrogen) atoms. The highest BCUT2D eigenvalue weighted by Crippen LogP contribution is 2.29. The summed E-state index contributed by atoms with van der Waals surface area (Å²) >= 11 is 0. The zero-order valence-corrected chi connectivity index (χ0v) is 10.0. The molecule has 0 saturated carbocycles. The molecule has 2 nitrogen and oxygen atoms in total. The van der Waals surface area contributed by atoms with Crippen molar-refractivity contribution in [2.24, 2.45) is 0 Å². The van der Waals surface area contributed by atoms with Crippen LogP contribution in [0.15, 0.2) is 36.5 Å². The third-order valence-corrected chi connectivity index (χ3v) is 2.52. The third-order valence-electron chi connectivity index (χ3n) is 2.52. The molecule has 0 bridgehead atoms. The maximum Gasteiger partial charge on any atom is 0.416 e. The number of hydrogen-bond acceptors (Lipinski definition) is 2. The summed E-state index contributed by atoms with van der Waals surface area (Å²) in [6, 6.07) is 5.26.